The lowest BCUT2D eigenvalue weighted by atomic mass is 9.96. The fraction of sp³-hybridized carbons (Fsp3) is 0. The van der Waals surface area contributed by atoms with Gasteiger partial charge in [-0.1, -0.05) is 406 Å². The van der Waals surface area contributed by atoms with Crippen LogP contribution in [-0.2, 0) is 0 Å². The molecule has 0 unspecified atom stereocenters. The highest BCUT2D eigenvalue weighted by Gasteiger charge is 2.23. The molecule has 0 bridgehead atoms. The van der Waals surface area contributed by atoms with Crippen LogP contribution in [-0.4, -0.2) is 64.8 Å². The van der Waals surface area contributed by atoms with E-state index in [1.165, 1.54) is 48.8 Å². The van der Waals surface area contributed by atoms with Crippen LogP contribution < -0.4 is 0 Å². The normalized spacial score (nSPS) is 11.4. The first-order chi connectivity index (χ1) is 70.3. The Morgan fingerprint density at radius 3 is 0.901 bits per heavy atom. The fourth-order valence-corrected chi connectivity index (χ4v) is 19.3. The summed E-state index contributed by atoms with van der Waals surface area (Å²) in [4.78, 5) is 64.0. The number of hydrogen-bond donors (Lipinski definition) is 0. The average Bonchev–Trinajstić information content (AvgIpc) is 0.745. The molecule has 662 valence electrons. The van der Waals surface area contributed by atoms with Gasteiger partial charge in [-0.15, -0.1) is 0 Å². The van der Waals surface area contributed by atoms with Crippen LogP contribution in [0.2, 0.25) is 0 Å². The molecular formula is C129H81N13. The van der Waals surface area contributed by atoms with Crippen LogP contribution in [0.4, 0.5) is 0 Å². The predicted octanol–water partition coefficient (Wildman–Crippen LogP) is 32.1. The molecule has 0 N–H and O–H groups in total. The molecule has 27 aromatic rings. The summed E-state index contributed by atoms with van der Waals surface area (Å²) in [7, 11) is 0. The van der Waals surface area contributed by atoms with Gasteiger partial charge >= 0.3 is 0 Å². The average molecular weight is 1810 g/mol. The van der Waals surface area contributed by atoms with Crippen molar-refractivity contribution in [1.82, 2.24) is 64.8 Å². The van der Waals surface area contributed by atoms with Crippen molar-refractivity contribution in [2.45, 2.75) is 0 Å². The summed E-state index contributed by atoms with van der Waals surface area (Å²) in [5.41, 5.74) is 22.5. The van der Waals surface area contributed by atoms with Gasteiger partial charge in [0.15, 0.2) is 52.4 Å². The highest BCUT2D eigenvalue weighted by atomic mass is 15.1. The predicted molar refractivity (Wildman–Crippen MR) is 582 cm³/mol. The highest BCUT2D eigenvalue weighted by molar-refractivity contribution is 6.15. The van der Waals surface area contributed by atoms with Crippen LogP contribution in [0.15, 0.2) is 492 Å². The summed E-state index contributed by atoms with van der Waals surface area (Å²) >= 11 is 0. The Morgan fingerprint density at radius 2 is 0.437 bits per heavy atom. The van der Waals surface area contributed by atoms with E-state index in [2.05, 4.69) is 445 Å². The zero-order chi connectivity index (χ0) is 94.2. The summed E-state index contributed by atoms with van der Waals surface area (Å²) in [5, 5.41) is 19.6. The second-order valence-corrected chi connectivity index (χ2v) is 35.3. The number of pyridine rings is 4. The van der Waals surface area contributed by atoms with E-state index in [0.717, 1.165) is 165 Å². The van der Waals surface area contributed by atoms with Gasteiger partial charge in [0, 0.05) is 119 Å². The maximum absolute atomic E-state index is 5.28. The quantitative estimate of drug-likeness (QED) is 0.0944. The minimum atomic E-state index is 0.613. The van der Waals surface area contributed by atoms with Crippen LogP contribution >= 0.6 is 0 Å². The van der Waals surface area contributed by atoms with E-state index >= 15 is 0 Å². The fourth-order valence-electron chi connectivity index (χ4n) is 19.3. The molecule has 0 fully saturated rings. The Labute approximate surface area is 817 Å². The maximum Gasteiger partial charge on any atom is 0.164 e. The number of aromatic nitrogens is 13. The van der Waals surface area contributed by atoms with Gasteiger partial charge < -0.3 is 0 Å². The molecule has 0 aliphatic heterocycles. The number of para-hydroxylation sites is 3. The zero-order valence-electron chi connectivity index (χ0n) is 76.6. The first kappa shape index (κ1) is 84.4. The third kappa shape index (κ3) is 16.7. The van der Waals surface area contributed by atoms with E-state index in [9.17, 15) is 0 Å². The number of benzene rings is 20. The number of rotatable bonds is 14. The maximum atomic E-state index is 5.28. The number of hydrogen-bond acceptors (Lipinski definition) is 13. The molecule has 0 aliphatic rings. The van der Waals surface area contributed by atoms with E-state index < -0.39 is 0 Å². The summed E-state index contributed by atoms with van der Waals surface area (Å²) in [5.74, 6) is 5.71. The largest absolute Gasteiger partial charge is 0.264 e. The molecule has 27 rings (SSSR count). The van der Waals surface area contributed by atoms with Gasteiger partial charge in [-0.3, -0.25) is 19.9 Å². The third-order valence-corrected chi connectivity index (χ3v) is 26.6. The highest BCUT2D eigenvalue weighted by Crippen LogP contribution is 2.42. The van der Waals surface area contributed by atoms with Crippen molar-refractivity contribution in [1.29, 1.82) is 0 Å². The molecule has 0 spiro atoms. The first-order valence-electron chi connectivity index (χ1n) is 47.3. The molecule has 13 heteroatoms. The van der Waals surface area contributed by atoms with Gasteiger partial charge in [0.25, 0.3) is 0 Å². The van der Waals surface area contributed by atoms with Crippen molar-refractivity contribution in [3.63, 3.8) is 0 Å². The third-order valence-electron chi connectivity index (χ3n) is 26.6. The Kier molecular flexibility index (Phi) is 22.0. The molecule has 0 saturated carbocycles. The molecule has 142 heavy (non-hydrogen) atoms. The van der Waals surface area contributed by atoms with E-state index in [4.69, 9.17) is 44.9 Å². The number of nitrogens with zero attached hydrogens (tertiary/aromatic N) is 13. The first-order valence-corrected chi connectivity index (χ1v) is 47.3. The van der Waals surface area contributed by atoms with Crippen molar-refractivity contribution >= 4 is 108 Å². The lowest BCUT2D eigenvalue weighted by Crippen LogP contribution is -2.01. The molecular weight excluding hydrogens is 1730 g/mol. The standard InChI is InChI=1S/C46H28N4.C45H29N5.C38H24N4/c1-4-14-35-31(11-1)26-41(39-18-8-6-16-37(35)39)45-48-44(30-23-21-29(22-24-30)34-25-33-13-3-10-20-43(33)47-28-34)49-46(50-45)42-27-32-12-2-5-15-36(32)38-17-7-9-19-40(38)42;1-2-8-30(9-3-1)31-16-22-36(23-17-31)43-48-44(37-24-18-32(19-25-37)39-14-4-10-34-12-6-28-46-41(34)39)50-45(49-43)38-26-20-33(21-27-38)40-15-5-11-35-13-7-29-47-42(35)40;1-3-8-29-22-31(18-12-25(29)6-1)37-40-36(41-38(42-37)32-19-13-26-7-2-4-9-30(26)23-32)28-16-14-27(15-17-28)34-11-5-10-33-24-39-21-20-35(33)34/h1-28H;1-29H;1-24H. The van der Waals surface area contributed by atoms with E-state index in [0.29, 0.717) is 52.4 Å². The molecule has 0 atom stereocenters. The van der Waals surface area contributed by atoms with Gasteiger partial charge in [-0.25, -0.2) is 44.9 Å². The van der Waals surface area contributed by atoms with Crippen LogP contribution in [0.5, 0.6) is 0 Å². The topological polar surface area (TPSA) is 168 Å². The van der Waals surface area contributed by atoms with E-state index in [1.807, 2.05) is 67.4 Å². The van der Waals surface area contributed by atoms with Crippen LogP contribution in [0.25, 0.3) is 266 Å². The Balaban J connectivity index is 0.000000112. The second-order valence-electron chi connectivity index (χ2n) is 35.3. The summed E-state index contributed by atoms with van der Waals surface area (Å²) < 4.78 is 0. The van der Waals surface area contributed by atoms with Crippen LogP contribution in [0.3, 0.4) is 0 Å². The molecule has 13 nitrogen and oxygen atoms in total. The molecule has 7 heterocycles. The monoisotopic (exact) mass is 1810 g/mol. The molecule has 20 aromatic carbocycles. The van der Waals surface area contributed by atoms with Gasteiger partial charge in [-0.05, 0) is 164 Å². The minimum absolute atomic E-state index is 0.613. The van der Waals surface area contributed by atoms with E-state index in [1.54, 1.807) is 0 Å². The molecule has 0 radical (unpaired) electrons. The van der Waals surface area contributed by atoms with Crippen molar-refractivity contribution in [3.8, 4) is 158 Å². The number of fused-ring (bicyclic) bond motifs is 12. The summed E-state index contributed by atoms with van der Waals surface area (Å²) in [6.45, 7) is 0. The van der Waals surface area contributed by atoms with Gasteiger partial charge in [-0.2, -0.15) is 0 Å². The van der Waals surface area contributed by atoms with Gasteiger partial charge in [0.05, 0.1) is 16.6 Å². The Bertz CT molecular complexity index is 9150. The summed E-state index contributed by atoms with van der Waals surface area (Å²) in [6, 6.07) is 160. The van der Waals surface area contributed by atoms with Crippen molar-refractivity contribution in [2.75, 3.05) is 0 Å². The van der Waals surface area contributed by atoms with Gasteiger partial charge in [0.2, 0.25) is 0 Å². The molecule has 0 saturated heterocycles. The minimum Gasteiger partial charge on any atom is -0.264 e. The molecule has 7 aromatic heterocycles. The van der Waals surface area contributed by atoms with Crippen molar-refractivity contribution in [3.05, 3.63) is 492 Å². The smallest absolute Gasteiger partial charge is 0.164 e. The van der Waals surface area contributed by atoms with Crippen LogP contribution in [0.1, 0.15) is 0 Å². The van der Waals surface area contributed by atoms with Crippen molar-refractivity contribution in [2.24, 2.45) is 0 Å². The van der Waals surface area contributed by atoms with Crippen LogP contribution in [0, 0.1) is 0 Å². The second kappa shape index (κ2) is 37.0. The lowest BCUT2D eigenvalue weighted by Gasteiger charge is -2.14. The SMILES string of the molecule is c1ccc(-c2ccc(-c3nc(-c4ccc(-c5cccc6cccnc56)cc4)nc(-c4ccc(-c5cccc6cccnc56)cc4)n3)cc2)cc1.c1ccc2cc(-c3nc(-c4ccc(-c5cccc6cnccc56)cc4)nc(-c4ccc5ccccc5c4)n3)ccc2c1.c1ccc2ncc(-c3ccc(-c4nc(-c5cc6ccccc6c6ccccc56)nc(-c5cc6ccccc6c6ccccc56)n4)cc3)cc2c1. The zero-order valence-corrected chi connectivity index (χ0v) is 76.6. The van der Waals surface area contributed by atoms with Crippen molar-refractivity contribution < 1.29 is 0 Å². The molecule has 0 aliphatic carbocycles. The Morgan fingerprint density at radius 1 is 0.127 bits per heavy atom. The molecule has 0 amide bonds. The Hall–Kier alpha value is -19.4. The lowest BCUT2D eigenvalue weighted by molar-refractivity contribution is 1.07. The van der Waals surface area contributed by atoms with E-state index in [-0.39, 0.29) is 0 Å². The van der Waals surface area contributed by atoms with Gasteiger partial charge in [0.1, 0.15) is 0 Å². The summed E-state index contributed by atoms with van der Waals surface area (Å²) in [6.07, 6.45) is 9.36.